The van der Waals surface area contributed by atoms with Crippen molar-refractivity contribution in [1.29, 1.82) is 0 Å². The molecule has 0 saturated heterocycles. The molecule has 162 valence electrons. The van der Waals surface area contributed by atoms with Gasteiger partial charge in [0.25, 0.3) is 11.5 Å². The van der Waals surface area contributed by atoms with Gasteiger partial charge in [0, 0.05) is 13.1 Å². The van der Waals surface area contributed by atoms with Gasteiger partial charge in [0.05, 0.1) is 0 Å². The SMILES string of the molecule is CCCCn1c(N)c(N(CC)C(=O)COC(=O)c2cccc(C)c2O)c(=O)[nH]c1=O. The van der Waals surface area contributed by atoms with E-state index in [1.807, 2.05) is 6.92 Å². The average molecular weight is 418 g/mol. The fourth-order valence-electron chi connectivity index (χ4n) is 2.94. The van der Waals surface area contributed by atoms with Crippen molar-refractivity contribution in [3.05, 3.63) is 50.2 Å². The predicted octanol–water partition coefficient (Wildman–Crippen LogP) is 1.14. The number of aromatic hydroxyl groups is 1. The minimum absolute atomic E-state index is 0.0609. The Labute approximate surface area is 172 Å². The number of para-hydroxylation sites is 1. The monoisotopic (exact) mass is 418 g/mol. The summed E-state index contributed by atoms with van der Waals surface area (Å²) in [4.78, 5) is 52.5. The van der Waals surface area contributed by atoms with Gasteiger partial charge in [-0.15, -0.1) is 0 Å². The topological polar surface area (TPSA) is 148 Å². The van der Waals surface area contributed by atoms with E-state index in [4.69, 9.17) is 10.5 Å². The van der Waals surface area contributed by atoms with Crippen molar-refractivity contribution in [2.45, 2.75) is 40.2 Å². The number of esters is 1. The third-order valence-corrected chi connectivity index (χ3v) is 4.62. The van der Waals surface area contributed by atoms with E-state index in [0.29, 0.717) is 12.0 Å². The number of anilines is 2. The quantitative estimate of drug-likeness (QED) is 0.545. The summed E-state index contributed by atoms with van der Waals surface area (Å²) in [6, 6.07) is 4.57. The molecule has 0 unspecified atom stereocenters. The van der Waals surface area contributed by atoms with Crippen LogP contribution in [0.2, 0.25) is 0 Å². The van der Waals surface area contributed by atoms with Gasteiger partial charge < -0.3 is 20.5 Å². The Hall–Kier alpha value is -3.56. The molecule has 0 bridgehead atoms. The molecule has 0 atom stereocenters. The molecule has 0 spiro atoms. The lowest BCUT2D eigenvalue weighted by Crippen LogP contribution is -2.42. The Morgan fingerprint density at radius 2 is 1.97 bits per heavy atom. The van der Waals surface area contributed by atoms with Crippen molar-refractivity contribution in [3.63, 3.8) is 0 Å². The molecular weight excluding hydrogens is 392 g/mol. The van der Waals surface area contributed by atoms with Crippen LogP contribution in [0.5, 0.6) is 5.75 Å². The fourth-order valence-corrected chi connectivity index (χ4v) is 2.94. The van der Waals surface area contributed by atoms with E-state index in [9.17, 15) is 24.3 Å². The Kier molecular flexibility index (Phi) is 7.40. The number of amides is 1. The number of hydrogen-bond donors (Lipinski definition) is 3. The van der Waals surface area contributed by atoms with Crippen LogP contribution in [-0.2, 0) is 16.1 Å². The molecule has 2 aromatic rings. The van der Waals surface area contributed by atoms with Crippen molar-refractivity contribution < 1.29 is 19.4 Å². The first-order valence-electron chi connectivity index (χ1n) is 9.61. The number of nitrogen functional groups attached to an aromatic ring is 1. The molecule has 2 rings (SSSR count). The van der Waals surface area contributed by atoms with E-state index in [1.165, 1.54) is 10.6 Å². The molecule has 4 N–H and O–H groups in total. The largest absolute Gasteiger partial charge is 0.507 e. The number of benzene rings is 1. The zero-order chi connectivity index (χ0) is 22.4. The number of hydrogen-bond acceptors (Lipinski definition) is 7. The van der Waals surface area contributed by atoms with Gasteiger partial charge in [-0.2, -0.15) is 0 Å². The first kappa shape index (κ1) is 22.7. The first-order valence-corrected chi connectivity index (χ1v) is 9.61. The van der Waals surface area contributed by atoms with Crippen LogP contribution in [0.15, 0.2) is 27.8 Å². The number of nitrogens with one attached hydrogen (secondary N) is 1. The van der Waals surface area contributed by atoms with Crippen molar-refractivity contribution in [2.24, 2.45) is 0 Å². The molecule has 1 aromatic carbocycles. The van der Waals surface area contributed by atoms with E-state index in [1.54, 1.807) is 26.0 Å². The molecule has 1 aromatic heterocycles. The second-order valence-corrected chi connectivity index (χ2v) is 6.68. The number of H-pyrrole nitrogens is 1. The van der Waals surface area contributed by atoms with Crippen LogP contribution in [0.4, 0.5) is 11.5 Å². The van der Waals surface area contributed by atoms with Gasteiger partial charge in [-0.25, -0.2) is 9.59 Å². The van der Waals surface area contributed by atoms with Gasteiger partial charge in [-0.3, -0.25) is 19.1 Å². The maximum absolute atomic E-state index is 12.7. The number of rotatable bonds is 8. The van der Waals surface area contributed by atoms with Gasteiger partial charge in [-0.1, -0.05) is 25.5 Å². The number of carbonyl (C=O) groups excluding carboxylic acids is 2. The molecule has 1 amide bonds. The van der Waals surface area contributed by atoms with Crippen molar-refractivity contribution in [2.75, 3.05) is 23.8 Å². The third-order valence-electron chi connectivity index (χ3n) is 4.62. The van der Waals surface area contributed by atoms with E-state index >= 15 is 0 Å². The maximum Gasteiger partial charge on any atom is 0.342 e. The summed E-state index contributed by atoms with van der Waals surface area (Å²) in [5.41, 5.74) is 4.82. The standard InChI is InChI=1S/C20H26N4O6/c1-4-6-10-24-17(21)15(18(27)22-20(24)29)23(5-2)14(25)11-30-19(28)13-9-7-8-12(3)16(13)26/h7-9,26H,4-6,10-11,21H2,1-3H3,(H,22,27,29). The van der Waals surface area contributed by atoms with Crippen LogP contribution in [-0.4, -0.2) is 39.7 Å². The van der Waals surface area contributed by atoms with Crippen LogP contribution in [0, 0.1) is 6.92 Å². The highest BCUT2D eigenvalue weighted by Gasteiger charge is 2.24. The zero-order valence-corrected chi connectivity index (χ0v) is 17.2. The van der Waals surface area contributed by atoms with E-state index < -0.39 is 29.7 Å². The summed E-state index contributed by atoms with van der Waals surface area (Å²) in [7, 11) is 0. The van der Waals surface area contributed by atoms with E-state index in [0.717, 1.165) is 11.3 Å². The Balaban J connectivity index is 2.26. The number of aromatic amines is 1. The molecule has 0 saturated carbocycles. The Bertz CT molecular complexity index is 1060. The number of aryl methyl sites for hydroxylation is 1. The number of likely N-dealkylation sites (N-methyl/N-ethyl adjacent to an activating group) is 1. The molecule has 10 heteroatoms. The smallest absolute Gasteiger partial charge is 0.342 e. The molecule has 0 aliphatic rings. The summed E-state index contributed by atoms with van der Waals surface area (Å²) >= 11 is 0. The third kappa shape index (κ3) is 4.70. The molecule has 0 radical (unpaired) electrons. The molecule has 30 heavy (non-hydrogen) atoms. The average Bonchev–Trinajstić information content (AvgIpc) is 2.70. The molecule has 0 aliphatic heterocycles. The van der Waals surface area contributed by atoms with Crippen LogP contribution in [0.3, 0.4) is 0 Å². The van der Waals surface area contributed by atoms with Crippen molar-refractivity contribution >= 4 is 23.4 Å². The molecule has 10 nitrogen and oxygen atoms in total. The molecule has 0 aliphatic carbocycles. The number of nitrogens with two attached hydrogens (primary N) is 1. The fraction of sp³-hybridized carbons (Fsp3) is 0.400. The number of nitrogens with zero attached hydrogens (tertiary/aromatic N) is 2. The lowest BCUT2D eigenvalue weighted by Gasteiger charge is -2.23. The summed E-state index contributed by atoms with van der Waals surface area (Å²) in [5, 5.41) is 9.98. The van der Waals surface area contributed by atoms with Gasteiger partial charge in [0.1, 0.15) is 17.1 Å². The minimum Gasteiger partial charge on any atom is -0.507 e. The lowest BCUT2D eigenvalue weighted by molar-refractivity contribution is -0.121. The highest BCUT2D eigenvalue weighted by atomic mass is 16.5. The van der Waals surface area contributed by atoms with Crippen LogP contribution in [0.1, 0.15) is 42.6 Å². The lowest BCUT2D eigenvalue weighted by atomic mass is 10.1. The number of carbonyl (C=O) groups is 2. The predicted molar refractivity (Wildman–Crippen MR) is 112 cm³/mol. The second-order valence-electron chi connectivity index (χ2n) is 6.68. The summed E-state index contributed by atoms with van der Waals surface area (Å²) in [6.07, 6.45) is 1.46. The van der Waals surface area contributed by atoms with Gasteiger partial charge >= 0.3 is 11.7 Å². The Morgan fingerprint density at radius 3 is 2.60 bits per heavy atom. The number of aromatic nitrogens is 2. The van der Waals surface area contributed by atoms with Gasteiger partial charge in [0.2, 0.25) is 0 Å². The normalized spacial score (nSPS) is 10.6. The second kappa shape index (κ2) is 9.77. The Morgan fingerprint density at radius 1 is 1.27 bits per heavy atom. The number of ether oxygens (including phenoxy) is 1. The summed E-state index contributed by atoms with van der Waals surface area (Å²) < 4.78 is 6.22. The highest BCUT2D eigenvalue weighted by molar-refractivity contribution is 5.99. The summed E-state index contributed by atoms with van der Waals surface area (Å²) in [6.45, 7) is 4.86. The minimum atomic E-state index is -0.879. The number of phenolic OH excluding ortho intramolecular Hbond substituents is 1. The van der Waals surface area contributed by atoms with Gasteiger partial charge in [-0.05, 0) is 31.9 Å². The molecule has 0 fully saturated rings. The van der Waals surface area contributed by atoms with Gasteiger partial charge in [0.15, 0.2) is 12.3 Å². The van der Waals surface area contributed by atoms with E-state index in [-0.39, 0.29) is 35.9 Å². The maximum atomic E-state index is 12.7. The number of unbranched alkanes of at least 4 members (excludes halogenated alkanes) is 1. The highest BCUT2D eigenvalue weighted by Crippen LogP contribution is 2.22. The first-order chi connectivity index (χ1) is 14.2. The van der Waals surface area contributed by atoms with Crippen LogP contribution in [0.25, 0.3) is 0 Å². The van der Waals surface area contributed by atoms with Crippen LogP contribution >= 0.6 is 0 Å². The van der Waals surface area contributed by atoms with Crippen molar-refractivity contribution in [1.82, 2.24) is 9.55 Å². The van der Waals surface area contributed by atoms with Crippen molar-refractivity contribution in [3.8, 4) is 5.75 Å². The van der Waals surface area contributed by atoms with E-state index in [2.05, 4.69) is 4.98 Å². The molecule has 1 heterocycles. The molecular formula is C20H26N4O6. The van der Waals surface area contributed by atoms with Crippen LogP contribution < -0.4 is 21.9 Å². The zero-order valence-electron chi connectivity index (χ0n) is 17.2. The number of phenols is 1. The summed E-state index contributed by atoms with van der Waals surface area (Å²) in [5.74, 6) is -1.94.